The third-order valence-electron chi connectivity index (χ3n) is 3.02. The number of benzene rings is 1. The van der Waals surface area contributed by atoms with Gasteiger partial charge >= 0.3 is 0 Å². The van der Waals surface area contributed by atoms with E-state index in [-0.39, 0.29) is 5.41 Å². The highest BCUT2D eigenvalue weighted by Crippen LogP contribution is 2.62. The Balaban J connectivity index is 2.30. The van der Waals surface area contributed by atoms with Gasteiger partial charge in [0.25, 0.3) is 0 Å². The molecule has 0 amide bonds. The van der Waals surface area contributed by atoms with Crippen LogP contribution >= 0.6 is 11.6 Å². The maximum atomic E-state index is 5.82. The predicted octanol–water partition coefficient (Wildman–Crippen LogP) is 4.02. The molecular weight excluding hydrogens is 180 g/mol. The molecule has 1 atom stereocenters. The van der Waals surface area contributed by atoms with Gasteiger partial charge in [-0.15, -0.1) is 0 Å². The topological polar surface area (TPSA) is 0 Å². The van der Waals surface area contributed by atoms with E-state index in [9.17, 15) is 0 Å². The molecular formula is C12H13Cl. The molecule has 0 aliphatic heterocycles. The van der Waals surface area contributed by atoms with Crippen molar-refractivity contribution in [3.05, 3.63) is 47.0 Å². The van der Waals surface area contributed by atoms with Gasteiger partial charge in [0.1, 0.15) is 0 Å². The molecule has 0 nitrogen and oxygen atoms in total. The largest absolute Gasteiger partial charge is 0.0986 e. The summed E-state index contributed by atoms with van der Waals surface area (Å²) < 4.78 is 0. The fraction of sp³-hybridized carbons (Fsp3) is 0.333. The first kappa shape index (κ1) is 8.83. The minimum atomic E-state index is 0.286. The monoisotopic (exact) mass is 192 g/mol. The van der Waals surface area contributed by atoms with Crippen molar-refractivity contribution in [2.45, 2.75) is 19.8 Å². The number of rotatable bonds is 1. The molecule has 1 saturated carbocycles. The molecule has 1 aliphatic carbocycles. The van der Waals surface area contributed by atoms with Crippen molar-refractivity contribution in [2.75, 3.05) is 0 Å². The first-order valence-corrected chi connectivity index (χ1v) is 4.86. The normalized spacial score (nSPS) is 24.5. The zero-order chi connectivity index (χ0) is 9.64. The van der Waals surface area contributed by atoms with Crippen LogP contribution in [0.1, 0.15) is 25.3 Å². The molecule has 1 heteroatoms. The van der Waals surface area contributed by atoms with E-state index in [0.29, 0.717) is 5.92 Å². The Morgan fingerprint density at radius 1 is 1.23 bits per heavy atom. The molecule has 2 rings (SSSR count). The van der Waals surface area contributed by atoms with Crippen LogP contribution in [0.2, 0.25) is 5.02 Å². The van der Waals surface area contributed by atoms with Crippen molar-refractivity contribution in [3.63, 3.8) is 0 Å². The molecule has 0 spiro atoms. The Hall–Kier alpha value is -0.750. The molecule has 0 saturated heterocycles. The van der Waals surface area contributed by atoms with Crippen LogP contribution in [0.25, 0.3) is 0 Å². The first-order valence-electron chi connectivity index (χ1n) is 4.48. The van der Waals surface area contributed by atoms with Crippen LogP contribution < -0.4 is 0 Å². The molecule has 1 aromatic rings. The van der Waals surface area contributed by atoms with Gasteiger partial charge in [-0.2, -0.15) is 0 Å². The van der Waals surface area contributed by atoms with Crippen LogP contribution in [0.15, 0.2) is 36.4 Å². The Labute approximate surface area is 84.2 Å². The summed E-state index contributed by atoms with van der Waals surface area (Å²) in [6.45, 7) is 8.53. The summed E-state index contributed by atoms with van der Waals surface area (Å²) in [6, 6.07) is 8.07. The fourth-order valence-electron chi connectivity index (χ4n) is 1.91. The van der Waals surface area contributed by atoms with Gasteiger partial charge in [-0.1, -0.05) is 49.7 Å². The number of hydrogen-bond acceptors (Lipinski definition) is 0. The van der Waals surface area contributed by atoms with Crippen molar-refractivity contribution < 1.29 is 0 Å². The van der Waals surface area contributed by atoms with Gasteiger partial charge < -0.3 is 0 Å². The minimum Gasteiger partial charge on any atom is -0.0986 e. The highest BCUT2D eigenvalue weighted by Gasteiger charge is 2.51. The lowest BCUT2D eigenvalue weighted by molar-refractivity contribution is 0.642. The quantitative estimate of drug-likeness (QED) is 0.590. The first-order chi connectivity index (χ1) is 6.03. The molecule has 0 aromatic heterocycles. The Bertz CT molecular complexity index is 346. The summed E-state index contributed by atoms with van der Waals surface area (Å²) in [7, 11) is 0. The van der Waals surface area contributed by atoms with E-state index in [2.05, 4.69) is 32.6 Å². The molecule has 0 N–H and O–H groups in total. The molecule has 68 valence electrons. The highest BCUT2D eigenvalue weighted by molar-refractivity contribution is 6.30. The van der Waals surface area contributed by atoms with Gasteiger partial charge in [-0.3, -0.25) is 0 Å². The average molecular weight is 193 g/mol. The number of halogens is 1. The number of hydrogen-bond donors (Lipinski definition) is 0. The van der Waals surface area contributed by atoms with Gasteiger partial charge in [0.15, 0.2) is 0 Å². The van der Waals surface area contributed by atoms with E-state index in [0.717, 1.165) is 5.02 Å². The summed E-state index contributed by atoms with van der Waals surface area (Å²) in [5.74, 6) is 0.532. The Morgan fingerprint density at radius 2 is 1.69 bits per heavy atom. The maximum Gasteiger partial charge on any atom is 0.0406 e. The third-order valence-corrected chi connectivity index (χ3v) is 3.27. The van der Waals surface area contributed by atoms with E-state index in [4.69, 9.17) is 11.6 Å². The summed E-state index contributed by atoms with van der Waals surface area (Å²) in [5, 5.41) is 0.799. The van der Waals surface area contributed by atoms with Crippen LogP contribution in [-0.4, -0.2) is 0 Å². The lowest BCUT2D eigenvalue weighted by Gasteiger charge is -2.01. The average Bonchev–Trinajstić information content (AvgIpc) is 2.55. The van der Waals surface area contributed by atoms with Gasteiger partial charge in [-0.05, 0) is 23.1 Å². The molecule has 0 heterocycles. The van der Waals surface area contributed by atoms with Crippen LogP contribution in [-0.2, 0) is 0 Å². The third kappa shape index (κ3) is 1.30. The molecule has 1 unspecified atom stereocenters. The SMILES string of the molecule is C=C1C(c2ccc(Cl)cc2)C1(C)C. The van der Waals surface area contributed by atoms with Crippen LogP contribution in [0, 0.1) is 5.41 Å². The predicted molar refractivity (Wildman–Crippen MR) is 57.1 cm³/mol. The van der Waals surface area contributed by atoms with Gasteiger partial charge in [-0.25, -0.2) is 0 Å². The molecule has 1 aliphatic rings. The van der Waals surface area contributed by atoms with Crippen molar-refractivity contribution in [2.24, 2.45) is 5.41 Å². The smallest absolute Gasteiger partial charge is 0.0406 e. The lowest BCUT2D eigenvalue weighted by Crippen LogP contribution is -1.88. The van der Waals surface area contributed by atoms with Crippen LogP contribution in [0.3, 0.4) is 0 Å². The van der Waals surface area contributed by atoms with Gasteiger partial charge in [0.2, 0.25) is 0 Å². The molecule has 13 heavy (non-hydrogen) atoms. The van der Waals surface area contributed by atoms with E-state index in [1.54, 1.807) is 0 Å². The fourth-order valence-corrected chi connectivity index (χ4v) is 2.04. The second-order valence-corrected chi connectivity index (χ2v) is 4.67. The van der Waals surface area contributed by atoms with Crippen molar-refractivity contribution in [1.82, 2.24) is 0 Å². The summed E-state index contributed by atoms with van der Waals surface area (Å²) in [6.07, 6.45) is 0. The molecule has 1 fully saturated rings. The van der Waals surface area contributed by atoms with Crippen LogP contribution in [0.4, 0.5) is 0 Å². The van der Waals surface area contributed by atoms with Gasteiger partial charge in [0, 0.05) is 10.9 Å². The highest BCUT2D eigenvalue weighted by atomic mass is 35.5. The summed E-state index contributed by atoms with van der Waals surface area (Å²) >= 11 is 5.82. The zero-order valence-electron chi connectivity index (χ0n) is 7.97. The Kier molecular flexibility index (Phi) is 1.78. The maximum absolute atomic E-state index is 5.82. The summed E-state index contributed by atoms with van der Waals surface area (Å²) in [5.41, 5.74) is 2.95. The second-order valence-electron chi connectivity index (χ2n) is 4.23. The van der Waals surface area contributed by atoms with Crippen LogP contribution in [0.5, 0.6) is 0 Å². The van der Waals surface area contributed by atoms with Crippen molar-refractivity contribution in [1.29, 1.82) is 0 Å². The van der Waals surface area contributed by atoms with Gasteiger partial charge in [0.05, 0.1) is 0 Å². The minimum absolute atomic E-state index is 0.286. The Morgan fingerprint density at radius 3 is 2.08 bits per heavy atom. The molecule has 1 aromatic carbocycles. The van der Waals surface area contributed by atoms with E-state index < -0.39 is 0 Å². The van der Waals surface area contributed by atoms with Crippen molar-refractivity contribution >= 4 is 11.6 Å². The van der Waals surface area contributed by atoms with Crippen molar-refractivity contribution in [3.8, 4) is 0 Å². The van der Waals surface area contributed by atoms with E-state index in [1.165, 1.54) is 11.1 Å². The molecule has 0 radical (unpaired) electrons. The standard InChI is InChI=1S/C12H13Cl/c1-8-11(12(8,2)3)9-4-6-10(13)7-5-9/h4-7,11H,1H2,2-3H3. The van der Waals surface area contributed by atoms with E-state index in [1.807, 2.05) is 12.1 Å². The summed E-state index contributed by atoms with van der Waals surface area (Å²) in [4.78, 5) is 0. The lowest BCUT2D eigenvalue weighted by atomic mass is 10.0. The zero-order valence-corrected chi connectivity index (χ0v) is 8.73. The second kappa shape index (κ2) is 2.62. The number of allylic oxidation sites excluding steroid dienone is 1. The molecule has 0 bridgehead atoms. The van der Waals surface area contributed by atoms with E-state index >= 15 is 0 Å².